The van der Waals surface area contributed by atoms with Crippen LogP contribution in [-0.2, 0) is 4.79 Å². The zero-order chi connectivity index (χ0) is 13.7. The molecule has 98 valence electrons. The van der Waals surface area contributed by atoms with Gasteiger partial charge in [-0.05, 0) is 37.6 Å². The van der Waals surface area contributed by atoms with Crippen LogP contribution in [0.1, 0.15) is 12.5 Å². The summed E-state index contributed by atoms with van der Waals surface area (Å²) in [7, 11) is 1.43. The third-order valence-corrected chi connectivity index (χ3v) is 2.70. The molecular formula is C12H15ClN2O3. The molecule has 0 saturated heterocycles. The summed E-state index contributed by atoms with van der Waals surface area (Å²) < 4.78 is 5.41. The fraction of sp³-hybridized carbons (Fsp3) is 0.333. The first-order valence-electron chi connectivity index (χ1n) is 5.39. The minimum absolute atomic E-state index is 0.512. The number of carbonyl (C=O) groups excluding carboxylic acids is 2. The van der Waals surface area contributed by atoms with Crippen molar-refractivity contribution >= 4 is 23.5 Å². The van der Waals surface area contributed by atoms with Crippen molar-refractivity contribution in [2.45, 2.75) is 20.0 Å². The number of rotatable bonds is 3. The predicted octanol–water partition coefficient (Wildman–Crippen LogP) is 1.87. The minimum Gasteiger partial charge on any atom is -0.481 e. The van der Waals surface area contributed by atoms with Crippen molar-refractivity contribution in [1.29, 1.82) is 0 Å². The summed E-state index contributed by atoms with van der Waals surface area (Å²) >= 11 is 5.88. The Kier molecular flexibility index (Phi) is 4.97. The van der Waals surface area contributed by atoms with Crippen LogP contribution in [-0.4, -0.2) is 25.1 Å². The number of nitrogens with one attached hydrogen (secondary N) is 2. The monoisotopic (exact) mass is 270 g/mol. The number of carbonyl (C=O) groups is 2. The smallest absolute Gasteiger partial charge is 0.321 e. The van der Waals surface area contributed by atoms with E-state index in [2.05, 4.69) is 10.6 Å². The lowest BCUT2D eigenvalue weighted by molar-refractivity contribution is -0.126. The van der Waals surface area contributed by atoms with Gasteiger partial charge in [0.2, 0.25) is 0 Å². The van der Waals surface area contributed by atoms with Gasteiger partial charge in [0.15, 0.2) is 6.10 Å². The molecule has 1 atom stereocenters. The van der Waals surface area contributed by atoms with Crippen molar-refractivity contribution in [3.8, 4) is 5.75 Å². The fourth-order valence-corrected chi connectivity index (χ4v) is 1.34. The Morgan fingerprint density at radius 2 is 2.06 bits per heavy atom. The average Bonchev–Trinajstić information content (AvgIpc) is 2.33. The molecule has 0 aliphatic carbocycles. The van der Waals surface area contributed by atoms with Gasteiger partial charge in [0, 0.05) is 12.1 Å². The predicted molar refractivity (Wildman–Crippen MR) is 68.9 cm³/mol. The largest absolute Gasteiger partial charge is 0.481 e. The number of imide groups is 1. The first-order valence-corrected chi connectivity index (χ1v) is 5.77. The Labute approximate surface area is 110 Å². The molecule has 1 aromatic carbocycles. The number of amides is 3. The summed E-state index contributed by atoms with van der Waals surface area (Å²) in [5, 5.41) is 5.05. The van der Waals surface area contributed by atoms with Gasteiger partial charge in [0.05, 0.1) is 0 Å². The highest BCUT2D eigenvalue weighted by atomic mass is 35.5. The number of halogens is 1. The highest BCUT2D eigenvalue weighted by molar-refractivity contribution is 6.31. The Morgan fingerprint density at radius 1 is 1.39 bits per heavy atom. The zero-order valence-corrected chi connectivity index (χ0v) is 11.2. The van der Waals surface area contributed by atoms with Crippen LogP contribution in [0.25, 0.3) is 0 Å². The summed E-state index contributed by atoms with van der Waals surface area (Å²) in [5.74, 6) is 0.0124. The van der Waals surface area contributed by atoms with E-state index in [0.29, 0.717) is 10.8 Å². The van der Waals surface area contributed by atoms with Gasteiger partial charge >= 0.3 is 6.03 Å². The number of ether oxygens (including phenoxy) is 1. The van der Waals surface area contributed by atoms with E-state index in [1.54, 1.807) is 25.1 Å². The van der Waals surface area contributed by atoms with Gasteiger partial charge in [-0.3, -0.25) is 10.1 Å². The van der Waals surface area contributed by atoms with Gasteiger partial charge in [-0.2, -0.15) is 0 Å². The van der Waals surface area contributed by atoms with E-state index in [1.807, 2.05) is 6.92 Å². The van der Waals surface area contributed by atoms with E-state index in [1.165, 1.54) is 7.05 Å². The molecule has 0 heterocycles. The number of aryl methyl sites for hydroxylation is 1. The van der Waals surface area contributed by atoms with Gasteiger partial charge in [0.25, 0.3) is 5.91 Å². The second-order valence-electron chi connectivity index (χ2n) is 3.74. The van der Waals surface area contributed by atoms with Crippen molar-refractivity contribution in [2.75, 3.05) is 7.05 Å². The van der Waals surface area contributed by atoms with Crippen molar-refractivity contribution < 1.29 is 14.3 Å². The van der Waals surface area contributed by atoms with E-state index in [4.69, 9.17) is 16.3 Å². The molecule has 0 aliphatic heterocycles. The summed E-state index contributed by atoms with van der Waals surface area (Å²) in [6, 6.07) is 4.52. The van der Waals surface area contributed by atoms with E-state index in [-0.39, 0.29) is 0 Å². The molecule has 0 unspecified atom stereocenters. The lowest BCUT2D eigenvalue weighted by atomic mass is 10.2. The third-order valence-electron chi connectivity index (χ3n) is 2.28. The standard InChI is InChI=1S/C12H15ClN2O3/c1-7-6-9(4-5-10(7)13)18-8(2)11(16)15-12(17)14-3/h4-6,8H,1-3H3,(H2,14,15,16,17)/t8-/m0/s1. The van der Waals surface area contributed by atoms with Crippen LogP contribution in [0.15, 0.2) is 18.2 Å². The zero-order valence-electron chi connectivity index (χ0n) is 10.4. The number of hydrogen-bond donors (Lipinski definition) is 2. The first-order chi connectivity index (χ1) is 8.43. The van der Waals surface area contributed by atoms with Crippen molar-refractivity contribution in [2.24, 2.45) is 0 Å². The van der Waals surface area contributed by atoms with Crippen LogP contribution < -0.4 is 15.4 Å². The van der Waals surface area contributed by atoms with Crippen LogP contribution in [0.2, 0.25) is 5.02 Å². The normalized spacial score (nSPS) is 11.6. The van der Waals surface area contributed by atoms with Gasteiger partial charge in [0.1, 0.15) is 5.75 Å². The maximum Gasteiger partial charge on any atom is 0.321 e. The maximum atomic E-state index is 11.5. The van der Waals surface area contributed by atoms with Crippen LogP contribution in [0, 0.1) is 6.92 Å². The molecule has 1 rings (SSSR count). The highest BCUT2D eigenvalue weighted by Gasteiger charge is 2.16. The quantitative estimate of drug-likeness (QED) is 0.881. The summed E-state index contributed by atoms with van der Waals surface area (Å²) in [6.45, 7) is 3.40. The summed E-state index contributed by atoms with van der Waals surface area (Å²) in [4.78, 5) is 22.5. The summed E-state index contributed by atoms with van der Waals surface area (Å²) in [6.07, 6.45) is -0.775. The molecule has 6 heteroatoms. The van der Waals surface area contributed by atoms with E-state index >= 15 is 0 Å². The Hall–Kier alpha value is -1.75. The molecule has 18 heavy (non-hydrogen) atoms. The average molecular weight is 271 g/mol. The molecular weight excluding hydrogens is 256 g/mol. The van der Waals surface area contributed by atoms with Gasteiger partial charge in [-0.1, -0.05) is 11.6 Å². The van der Waals surface area contributed by atoms with Crippen molar-refractivity contribution in [3.05, 3.63) is 28.8 Å². The molecule has 0 bridgehead atoms. The van der Waals surface area contributed by atoms with Crippen LogP contribution in [0.4, 0.5) is 4.79 Å². The molecule has 2 N–H and O–H groups in total. The molecule has 0 fully saturated rings. The molecule has 0 spiro atoms. The van der Waals surface area contributed by atoms with Gasteiger partial charge < -0.3 is 10.1 Å². The third kappa shape index (κ3) is 3.92. The number of benzene rings is 1. The molecule has 0 aromatic heterocycles. The molecule has 0 aliphatic rings. The van der Waals surface area contributed by atoms with Crippen molar-refractivity contribution in [3.63, 3.8) is 0 Å². The topological polar surface area (TPSA) is 67.4 Å². The Balaban J connectivity index is 2.63. The lowest BCUT2D eigenvalue weighted by Crippen LogP contribution is -2.43. The molecule has 3 amide bonds. The molecule has 0 radical (unpaired) electrons. The second kappa shape index (κ2) is 6.26. The number of urea groups is 1. The van der Waals surface area contributed by atoms with E-state index in [0.717, 1.165) is 5.56 Å². The second-order valence-corrected chi connectivity index (χ2v) is 4.15. The van der Waals surface area contributed by atoms with Crippen molar-refractivity contribution in [1.82, 2.24) is 10.6 Å². The lowest BCUT2D eigenvalue weighted by Gasteiger charge is -2.14. The number of hydrogen-bond acceptors (Lipinski definition) is 3. The van der Waals surface area contributed by atoms with Gasteiger partial charge in [-0.15, -0.1) is 0 Å². The highest BCUT2D eigenvalue weighted by Crippen LogP contribution is 2.21. The fourth-order valence-electron chi connectivity index (χ4n) is 1.22. The van der Waals surface area contributed by atoms with Crippen LogP contribution in [0.3, 0.4) is 0 Å². The Morgan fingerprint density at radius 3 is 2.61 bits per heavy atom. The van der Waals surface area contributed by atoms with Crippen LogP contribution in [0.5, 0.6) is 5.75 Å². The van der Waals surface area contributed by atoms with E-state index in [9.17, 15) is 9.59 Å². The SMILES string of the molecule is CNC(=O)NC(=O)[C@H](C)Oc1ccc(Cl)c(C)c1. The summed E-state index contributed by atoms with van der Waals surface area (Å²) in [5.41, 5.74) is 0.855. The van der Waals surface area contributed by atoms with E-state index < -0.39 is 18.0 Å². The minimum atomic E-state index is -0.775. The van der Waals surface area contributed by atoms with Gasteiger partial charge in [-0.25, -0.2) is 4.79 Å². The molecule has 0 saturated carbocycles. The van der Waals surface area contributed by atoms with Crippen LogP contribution >= 0.6 is 11.6 Å². The maximum absolute atomic E-state index is 11.5. The molecule has 5 nitrogen and oxygen atoms in total. The Bertz CT molecular complexity index is 463. The first kappa shape index (κ1) is 14.3. The molecule has 1 aromatic rings.